The van der Waals surface area contributed by atoms with Crippen molar-refractivity contribution < 1.29 is 8.78 Å². The number of aromatic nitrogens is 1. The fraction of sp³-hybridized carbons (Fsp3) is 0.452. The summed E-state index contributed by atoms with van der Waals surface area (Å²) in [6.45, 7) is 14.3. The molecular formula is C31H36F2N2. The van der Waals surface area contributed by atoms with E-state index >= 15 is 0 Å². The number of hydrogen-bond acceptors (Lipinski definition) is 1. The molecule has 2 aliphatic rings. The van der Waals surface area contributed by atoms with E-state index in [9.17, 15) is 8.78 Å². The van der Waals surface area contributed by atoms with Crippen molar-refractivity contribution in [1.82, 2.24) is 4.57 Å². The molecule has 3 aromatic rings. The molecule has 1 heterocycles. The third kappa shape index (κ3) is 4.42. The molecule has 0 radical (unpaired) electrons. The van der Waals surface area contributed by atoms with Crippen LogP contribution in [-0.4, -0.2) is 4.57 Å². The Morgan fingerprint density at radius 2 is 1.77 bits per heavy atom. The molecule has 2 saturated carbocycles. The molecule has 0 aliphatic heterocycles. The minimum Gasteiger partial charge on any atom is -0.313 e. The molecule has 2 nitrogen and oxygen atoms in total. The number of halogens is 2. The van der Waals surface area contributed by atoms with Gasteiger partial charge in [0.2, 0.25) is 0 Å². The van der Waals surface area contributed by atoms with E-state index < -0.39 is 0 Å². The predicted octanol–water partition coefficient (Wildman–Crippen LogP) is 9.11. The Morgan fingerprint density at radius 1 is 1.11 bits per heavy atom. The molecule has 5 rings (SSSR count). The van der Waals surface area contributed by atoms with Crippen molar-refractivity contribution >= 4 is 10.9 Å². The summed E-state index contributed by atoms with van der Waals surface area (Å²) in [6, 6.07) is 12.4. The lowest BCUT2D eigenvalue weighted by atomic mass is 9.46. The van der Waals surface area contributed by atoms with E-state index in [0.717, 1.165) is 42.3 Å². The second kappa shape index (κ2) is 9.61. The molecule has 0 bridgehead atoms. The third-order valence-corrected chi connectivity index (χ3v) is 7.72. The van der Waals surface area contributed by atoms with E-state index in [1.807, 2.05) is 12.1 Å². The summed E-state index contributed by atoms with van der Waals surface area (Å²) in [5.41, 5.74) is 5.83. The molecule has 1 spiro atoms. The fourth-order valence-corrected chi connectivity index (χ4v) is 6.20. The van der Waals surface area contributed by atoms with Gasteiger partial charge in [-0.3, -0.25) is 0 Å². The maximum Gasteiger partial charge on any atom is 0.126 e. The van der Waals surface area contributed by atoms with Gasteiger partial charge < -0.3 is 4.57 Å². The molecule has 0 amide bonds. The van der Waals surface area contributed by atoms with Crippen LogP contribution in [0.5, 0.6) is 0 Å². The van der Waals surface area contributed by atoms with Gasteiger partial charge in [0.15, 0.2) is 0 Å². The Hall–Kier alpha value is -2.93. The summed E-state index contributed by atoms with van der Waals surface area (Å²) in [5, 5.41) is 10.2. The van der Waals surface area contributed by atoms with Crippen LogP contribution in [0.2, 0.25) is 0 Å². The number of benzene rings is 2. The number of nitriles is 1. The Kier molecular flexibility index (Phi) is 6.91. The number of aryl methyl sites for hydroxylation is 1. The van der Waals surface area contributed by atoms with E-state index in [2.05, 4.69) is 44.9 Å². The van der Waals surface area contributed by atoms with E-state index in [-0.39, 0.29) is 17.6 Å². The SMILES string of the molecule is C=C(C#N)C1CC2(C1)CC(c1c(C(C)C)n(-c3ccc(F)c(C)c3)c3cc(F)ccc13)C2.CCC. The van der Waals surface area contributed by atoms with Crippen LogP contribution in [0.3, 0.4) is 0 Å². The summed E-state index contributed by atoms with van der Waals surface area (Å²) >= 11 is 0. The van der Waals surface area contributed by atoms with E-state index in [0.29, 0.717) is 28.4 Å². The summed E-state index contributed by atoms with van der Waals surface area (Å²) in [5.74, 6) is 0.485. The minimum atomic E-state index is -0.265. The van der Waals surface area contributed by atoms with Crippen LogP contribution in [0.25, 0.3) is 16.6 Å². The highest BCUT2D eigenvalue weighted by atomic mass is 19.1. The van der Waals surface area contributed by atoms with E-state index in [1.54, 1.807) is 25.1 Å². The Morgan fingerprint density at radius 3 is 2.34 bits per heavy atom. The van der Waals surface area contributed by atoms with Gasteiger partial charge >= 0.3 is 0 Å². The van der Waals surface area contributed by atoms with Crippen molar-refractivity contribution in [2.45, 2.75) is 78.6 Å². The highest BCUT2D eigenvalue weighted by Gasteiger charge is 2.54. The molecule has 4 heteroatoms. The van der Waals surface area contributed by atoms with Crippen molar-refractivity contribution in [1.29, 1.82) is 5.26 Å². The normalized spacial score (nSPS) is 22.8. The Labute approximate surface area is 208 Å². The fourth-order valence-electron chi connectivity index (χ4n) is 6.20. The smallest absolute Gasteiger partial charge is 0.126 e. The van der Waals surface area contributed by atoms with E-state index in [4.69, 9.17) is 5.26 Å². The standard InChI is InChI=1S/C28H28F2N2.C3H8/c1-16(2)27-26(20-13-28(14-20)11-19(12-28)18(4)15-31)23-7-5-21(29)10-25(23)32(27)22-6-8-24(30)17(3)9-22;1-3-2/h5-10,16,19-20H,4,11-14H2,1-3H3;3H2,1-2H3. The first kappa shape index (κ1) is 25.2. The second-order valence-electron chi connectivity index (χ2n) is 10.9. The van der Waals surface area contributed by atoms with Crippen molar-refractivity contribution in [2.24, 2.45) is 11.3 Å². The predicted molar refractivity (Wildman–Crippen MR) is 140 cm³/mol. The zero-order chi connectivity index (χ0) is 25.5. The minimum absolute atomic E-state index is 0.231. The van der Waals surface area contributed by atoms with Gasteiger partial charge in [-0.1, -0.05) is 40.7 Å². The zero-order valence-corrected chi connectivity index (χ0v) is 21.6. The largest absolute Gasteiger partial charge is 0.313 e. The molecular weight excluding hydrogens is 438 g/mol. The first-order chi connectivity index (χ1) is 16.6. The van der Waals surface area contributed by atoms with Crippen LogP contribution in [0, 0.1) is 41.2 Å². The zero-order valence-electron chi connectivity index (χ0n) is 21.6. The van der Waals surface area contributed by atoms with Crippen molar-refractivity contribution in [3.05, 3.63) is 77.0 Å². The molecule has 0 saturated heterocycles. The summed E-state index contributed by atoms with van der Waals surface area (Å²) in [6.07, 6.45) is 5.55. The molecule has 0 N–H and O–H groups in total. The molecule has 0 unspecified atom stereocenters. The summed E-state index contributed by atoms with van der Waals surface area (Å²) in [4.78, 5) is 0. The van der Waals surface area contributed by atoms with Crippen LogP contribution < -0.4 is 0 Å². The monoisotopic (exact) mass is 474 g/mol. The molecule has 184 valence electrons. The number of rotatable bonds is 4. The third-order valence-electron chi connectivity index (χ3n) is 7.72. The molecule has 1 aromatic heterocycles. The number of fused-ring (bicyclic) bond motifs is 1. The highest BCUT2D eigenvalue weighted by Crippen LogP contribution is 2.66. The van der Waals surface area contributed by atoms with Gasteiger partial charge in [-0.05, 0) is 103 Å². The highest BCUT2D eigenvalue weighted by molar-refractivity contribution is 5.88. The average Bonchev–Trinajstić information content (AvgIpc) is 3.08. The molecule has 2 aromatic carbocycles. The topological polar surface area (TPSA) is 28.7 Å². The lowest BCUT2D eigenvalue weighted by molar-refractivity contribution is -0.0257. The average molecular weight is 475 g/mol. The van der Waals surface area contributed by atoms with Crippen LogP contribution in [-0.2, 0) is 0 Å². The van der Waals surface area contributed by atoms with Gasteiger partial charge in [0, 0.05) is 22.3 Å². The van der Waals surface area contributed by atoms with E-state index in [1.165, 1.54) is 23.7 Å². The van der Waals surface area contributed by atoms with Gasteiger partial charge in [-0.15, -0.1) is 0 Å². The number of hydrogen-bond donors (Lipinski definition) is 0. The molecule has 35 heavy (non-hydrogen) atoms. The second-order valence-corrected chi connectivity index (χ2v) is 10.9. The maximum atomic E-state index is 14.3. The van der Waals surface area contributed by atoms with Gasteiger partial charge in [0.05, 0.1) is 11.6 Å². The van der Waals surface area contributed by atoms with Crippen LogP contribution in [0.15, 0.2) is 48.6 Å². The van der Waals surface area contributed by atoms with Gasteiger partial charge in [0.1, 0.15) is 11.6 Å². The summed E-state index contributed by atoms with van der Waals surface area (Å²) < 4.78 is 30.5. The van der Waals surface area contributed by atoms with Gasteiger partial charge in [0.25, 0.3) is 0 Å². The quantitative estimate of drug-likeness (QED) is 0.347. The first-order valence-electron chi connectivity index (χ1n) is 12.8. The Bertz CT molecular complexity index is 1290. The lowest BCUT2D eigenvalue weighted by Crippen LogP contribution is -2.47. The Balaban J connectivity index is 0.000000917. The first-order valence-corrected chi connectivity index (χ1v) is 12.8. The van der Waals surface area contributed by atoms with Gasteiger partial charge in [-0.2, -0.15) is 5.26 Å². The van der Waals surface area contributed by atoms with Gasteiger partial charge in [-0.25, -0.2) is 8.78 Å². The summed E-state index contributed by atoms with van der Waals surface area (Å²) in [7, 11) is 0. The van der Waals surface area contributed by atoms with Crippen molar-refractivity contribution in [3.63, 3.8) is 0 Å². The molecule has 2 fully saturated rings. The number of allylic oxidation sites excluding steroid dienone is 1. The van der Waals surface area contributed by atoms with Crippen LogP contribution in [0.1, 0.15) is 88.5 Å². The van der Waals surface area contributed by atoms with Crippen molar-refractivity contribution in [2.75, 3.05) is 0 Å². The maximum absolute atomic E-state index is 14.3. The molecule has 0 atom stereocenters. The number of nitrogens with zero attached hydrogens (tertiary/aromatic N) is 2. The van der Waals surface area contributed by atoms with Crippen molar-refractivity contribution in [3.8, 4) is 11.8 Å². The molecule has 2 aliphatic carbocycles. The van der Waals surface area contributed by atoms with Crippen LogP contribution in [0.4, 0.5) is 8.78 Å². The van der Waals surface area contributed by atoms with Crippen LogP contribution >= 0.6 is 0 Å². The lowest BCUT2D eigenvalue weighted by Gasteiger charge is -2.58.